The molecule has 2 rings (SSSR count). The second kappa shape index (κ2) is 6.08. The van der Waals surface area contributed by atoms with Crippen LogP contribution in [0.5, 0.6) is 0 Å². The van der Waals surface area contributed by atoms with Gasteiger partial charge in [-0.3, -0.25) is 0 Å². The Balaban J connectivity index is 2.24. The average Bonchev–Trinajstić information content (AvgIpc) is 2.41. The number of halogens is 2. The van der Waals surface area contributed by atoms with Gasteiger partial charge in [-0.25, -0.2) is 4.98 Å². The molecule has 6 heteroatoms. The average molecular weight is 297 g/mol. The van der Waals surface area contributed by atoms with Crippen LogP contribution in [0, 0.1) is 0 Å². The topological polar surface area (TPSA) is 49.8 Å². The van der Waals surface area contributed by atoms with E-state index >= 15 is 0 Å². The summed E-state index contributed by atoms with van der Waals surface area (Å²) in [5.74, 6) is 1.09. The monoisotopic (exact) mass is 296 g/mol. The third-order valence-electron chi connectivity index (χ3n) is 2.69. The lowest BCUT2D eigenvalue weighted by Gasteiger charge is -2.17. The van der Waals surface area contributed by atoms with Gasteiger partial charge in [0.15, 0.2) is 5.82 Å². The number of rotatable bonds is 4. The summed E-state index contributed by atoms with van der Waals surface area (Å²) in [5, 5.41) is 7.29. The number of hydrogen-bond acceptors (Lipinski definition) is 4. The van der Waals surface area contributed by atoms with Gasteiger partial charge in [-0.15, -0.1) is 0 Å². The predicted molar refractivity (Wildman–Crippen MR) is 80.1 cm³/mol. The molecule has 2 N–H and O–H groups in total. The lowest BCUT2D eigenvalue weighted by molar-refractivity contribution is 0.873. The van der Waals surface area contributed by atoms with Crippen molar-refractivity contribution in [1.82, 2.24) is 9.97 Å². The van der Waals surface area contributed by atoms with Gasteiger partial charge in [-0.05, 0) is 18.6 Å². The number of anilines is 2. The summed E-state index contributed by atoms with van der Waals surface area (Å²) in [6, 6.07) is 7.66. The summed E-state index contributed by atoms with van der Waals surface area (Å²) in [4.78, 5) is 8.31. The zero-order chi connectivity index (χ0) is 13.8. The summed E-state index contributed by atoms with van der Waals surface area (Å²) in [6.07, 6.45) is 1.56. The Bertz CT molecular complexity index is 574. The highest BCUT2D eigenvalue weighted by Crippen LogP contribution is 2.28. The molecule has 1 atom stereocenters. The van der Waals surface area contributed by atoms with Crippen molar-refractivity contribution >= 4 is 35.0 Å². The molecule has 0 aliphatic rings. The molecule has 100 valence electrons. The summed E-state index contributed by atoms with van der Waals surface area (Å²) < 4.78 is 0. The normalized spacial score (nSPS) is 12.0. The smallest absolute Gasteiger partial charge is 0.224 e. The van der Waals surface area contributed by atoms with E-state index in [4.69, 9.17) is 23.2 Å². The first-order chi connectivity index (χ1) is 9.11. The standard InChI is InChI=1S/C13H14Cl2N4/c1-8(9-5-3-4-6-10(9)14)18-12-11(15)7-17-13(16-2)19-12/h3-8H,1-2H3,(H2,16,17,18,19). The first-order valence-corrected chi connectivity index (χ1v) is 6.58. The quantitative estimate of drug-likeness (QED) is 0.895. The molecule has 0 aliphatic heterocycles. The molecule has 0 saturated heterocycles. The van der Waals surface area contributed by atoms with Gasteiger partial charge in [0, 0.05) is 12.1 Å². The molecule has 1 unspecified atom stereocenters. The summed E-state index contributed by atoms with van der Waals surface area (Å²) in [7, 11) is 1.75. The number of aromatic nitrogens is 2. The Hall–Kier alpha value is -1.52. The van der Waals surface area contributed by atoms with Crippen LogP contribution in [-0.4, -0.2) is 17.0 Å². The molecule has 0 amide bonds. The van der Waals surface area contributed by atoms with E-state index in [0.29, 0.717) is 21.8 Å². The predicted octanol–water partition coefficient (Wildman–Crippen LogP) is 4.00. The molecule has 1 heterocycles. The third-order valence-corrected chi connectivity index (χ3v) is 3.31. The minimum atomic E-state index is -0.00851. The molecule has 0 radical (unpaired) electrons. The molecule has 1 aromatic carbocycles. The lowest BCUT2D eigenvalue weighted by atomic mass is 10.1. The molecular formula is C13H14Cl2N4. The van der Waals surface area contributed by atoms with Crippen LogP contribution in [-0.2, 0) is 0 Å². The Morgan fingerprint density at radius 2 is 1.89 bits per heavy atom. The highest BCUT2D eigenvalue weighted by atomic mass is 35.5. The lowest BCUT2D eigenvalue weighted by Crippen LogP contribution is -2.10. The first-order valence-electron chi connectivity index (χ1n) is 5.83. The highest BCUT2D eigenvalue weighted by Gasteiger charge is 2.12. The van der Waals surface area contributed by atoms with Gasteiger partial charge < -0.3 is 10.6 Å². The minimum Gasteiger partial charge on any atom is -0.362 e. The van der Waals surface area contributed by atoms with Crippen molar-refractivity contribution in [1.29, 1.82) is 0 Å². The van der Waals surface area contributed by atoms with E-state index in [0.717, 1.165) is 5.56 Å². The van der Waals surface area contributed by atoms with Crippen LogP contribution in [0.3, 0.4) is 0 Å². The number of nitrogens with one attached hydrogen (secondary N) is 2. The summed E-state index contributed by atoms with van der Waals surface area (Å²) in [5.41, 5.74) is 0.991. The van der Waals surface area contributed by atoms with Crippen molar-refractivity contribution < 1.29 is 0 Å². The van der Waals surface area contributed by atoms with E-state index < -0.39 is 0 Å². The Labute approximate surface area is 122 Å². The Morgan fingerprint density at radius 1 is 1.16 bits per heavy atom. The Kier molecular flexibility index (Phi) is 4.45. The fraction of sp³-hybridized carbons (Fsp3) is 0.231. The van der Waals surface area contributed by atoms with Gasteiger partial charge in [0.1, 0.15) is 5.02 Å². The molecule has 1 aromatic heterocycles. The van der Waals surface area contributed by atoms with E-state index in [2.05, 4.69) is 20.6 Å². The van der Waals surface area contributed by atoms with Crippen LogP contribution in [0.15, 0.2) is 30.5 Å². The van der Waals surface area contributed by atoms with Crippen LogP contribution >= 0.6 is 23.2 Å². The highest BCUT2D eigenvalue weighted by molar-refractivity contribution is 6.33. The summed E-state index contributed by atoms with van der Waals surface area (Å²) >= 11 is 12.2. The van der Waals surface area contributed by atoms with Gasteiger partial charge >= 0.3 is 0 Å². The maximum absolute atomic E-state index is 6.17. The van der Waals surface area contributed by atoms with E-state index in [-0.39, 0.29) is 6.04 Å². The largest absolute Gasteiger partial charge is 0.362 e. The van der Waals surface area contributed by atoms with E-state index in [1.807, 2.05) is 31.2 Å². The SMILES string of the molecule is CNc1ncc(Cl)c(NC(C)c2ccccc2Cl)n1. The van der Waals surface area contributed by atoms with E-state index in [1.165, 1.54) is 0 Å². The molecule has 0 bridgehead atoms. The molecular weight excluding hydrogens is 283 g/mol. The zero-order valence-electron chi connectivity index (χ0n) is 10.6. The van der Waals surface area contributed by atoms with Crippen molar-refractivity contribution in [3.63, 3.8) is 0 Å². The van der Waals surface area contributed by atoms with Crippen molar-refractivity contribution in [2.24, 2.45) is 0 Å². The van der Waals surface area contributed by atoms with Crippen LogP contribution in [0.4, 0.5) is 11.8 Å². The number of hydrogen-bond donors (Lipinski definition) is 2. The van der Waals surface area contributed by atoms with Crippen molar-refractivity contribution in [3.8, 4) is 0 Å². The van der Waals surface area contributed by atoms with E-state index in [9.17, 15) is 0 Å². The van der Waals surface area contributed by atoms with Crippen LogP contribution in [0.2, 0.25) is 10.0 Å². The fourth-order valence-corrected chi connectivity index (χ4v) is 2.14. The molecule has 4 nitrogen and oxygen atoms in total. The molecule has 0 aliphatic carbocycles. The van der Waals surface area contributed by atoms with Crippen molar-refractivity contribution in [2.45, 2.75) is 13.0 Å². The minimum absolute atomic E-state index is 0.00851. The molecule has 2 aromatic rings. The van der Waals surface area contributed by atoms with Crippen LogP contribution in [0.1, 0.15) is 18.5 Å². The molecule has 0 spiro atoms. The maximum Gasteiger partial charge on any atom is 0.224 e. The fourth-order valence-electron chi connectivity index (χ4n) is 1.70. The van der Waals surface area contributed by atoms with Crippen molar-refractivity contribution in [2.75, 3.05) is 17.7 Å². The zero-order valence-corrected chi connectivity index (χ0v) is 12.1. The second-order valence-electron chi connectivity index (χ2n) is 4.03. The van der Waals surface area contributed by atoms with E-state index in [1.54, 1.807) is 13.2 Å². The second-order valence-corrected chi connectivity index (χ2v) is 4.84. The number of benzene rings is 1. The van der Waals surface area contributed by atoms with Gasteiger partial charge in [0.2, 0.25) is 5.95 Å². The molecule has 0 fully saturated rings. The number of nitrogens with zero attached hydrogens (tertiary/aromatic N) is 2. The van der Waals surface area contributed by atoms with Crippen LogP contribution < -0.4 is 10.6 Å². The first kappa shape index (κ1) is 13.9. The summed E-state index contributed by atoms with van der Waals surface area (Å²) in [6.45, 7) is 2.00. The molecule has 0 saturated carbocycles. The van der Waals surface area contributed by atoms with Gasteiger partial charge in [0.25, 0.3) is 0 Å². The van der Waals surface area contributed by atoms with Crippen LogP contribution in [0.25, 0.3) is 0 Å². The van der Waals surface area contributed by atoms with Gasteiger partial charge in [0.05, 0.1) is 12.2 Å². The maximum atomic E-state index is 6.17. The molecule has 19 heavy (non-hydrogen) atoms. The van der Waals surface area contributed by atoms with Gasteiger partial charge in [-0.2, -0.15) is 4.98 Å². The van der Waals surface area contributed by atoms with Gasteiger partial charge in [-0.1, -0.05) is 41.4 Å². The Morgan fingerprint density at radius 3 is 2.58 bits per heavy atom. The van der Waals surface area contributed by atoms with Crippen molar-refractivity contribution in [3.05, 3.63) is 46.1 Å². The third kappa shape index (κ3) is 3.28.